The number of amides is 2. The molecule has 1 aromatic carbocycles. The molecule has 0 fully saturated rings. The molecular weight excluding hydrogens is 418 g/mol. The van der Waals surface area contributed by atoms with E-state index in [1.165, 1.54) is 42.1 Å². The Balaban J connectivity index is 1.70. The van der Waals surface area contributed by atoms with Crippen molar-refractivity contribution < 1.29 is 22.7 Å². The standard InChI is InChI=1S/C17H19N5O5S2/c1-21(16(24)11-8-22(2)20-15(11)27-3)9-14(23)19-17-18-12-6-5-10(29(4,25)26)7-13(12)28-17/h5-8H,9H2,1-4H3,(H,18,19,23). The first-order chi connectivity index (χ1) is 13.6. The molecule has 0 bridgehead atoms. The molecule has 0 saturated heterocycles. The first-order valence-corrected chi connectivity index (χ1v) is 11.0. The van der Waals surface area contributed by atoms with Gasteiger partial charge in [0.05, 0.1) is 28.8 Å². The fourth-order valence-corrected chi connectivity index (χ4v) is 4.25. The number of nitrogens with one attached hydrogen (secondary N) is 1. The lowest BCUT2D eigenvalue weighted by molar-refractivity contribution is -0.116. The molecule has 0 aliphatic heterocycles. The Morgan fingerprint density at radius 3 is 2.72 bits per heavy atom. The molecule has 0 spiro atoms. The van der Waals surface area contributed by atoms with E-state index in [0.29, 0.717) is 15.3 Å². The molecule has 2 amide bonds. The number of hydrogen-bond donors (Lipinski definition) is 1. The lowest BCUT2D eigenvalue weighted by atomic mass is 10.3. The van der Waals surface area contributed by atoms with E-state index in [0.717, 1.165) is 17.6 Å². The van der Waals surface area contributed by atoms with Gasteiger partial charge in [0.25, 0.3) is 5.91 Å². The Labute approximate surface area is 171 Å². The summed E-state index contributed by atoms with van der Waals surface area (Å²) in [5.74, 6) is -0.670. The van der Waals surface area contributed by atoms with Crippen molar-refractivity contribution in [1.29, 1.82) is 0 Å². The third-order valence-corrected chi connectivity index (χ3v) is 6.02. The van der Waals surface area contributed by atoms with Crippen LogP contribution in [0.5, 0.6) is 5.88 Å². The largest absolute Gasteiger partial charge is 0.479 e. The molecule has 12 heteroatoms. The summed E-state index contributed by atoms with van der Waals surface area (Å²) in [4.78, 5) is 30.6. The van der Waals surface area contributed by atoms with E-state index >= 15 is 0 Å². The second kappa shape index (κ2) is 7.79. The minimum absolute atomic E-state index is 0.178. The van der Waals surface area contributed by atoms with Gasteiger partial charge in [0.2, 0.25) is 11.8 Å². The first kappa shape index (κ1) is 20.7. The second-order valence-corrected chi connectivity index (χ2v) is 9.40. The smallest absolute Gasteiger partial charge is 0.261 e. The minimum atomic E-state index is -3.33. The van der Waals surface area contributed by atoms with Crippen LogP contribution in [0.15, 0.2) is 29.3 Å². The van der Waals surface area contributed by atoms with Crippen LogP contribution in [0, 0.1) is 0 Å². The van der Waals surface area contributed by atoms with Gasteiger partial charge in [-0.05, 0) is 18.2 Å². The van der Waals surface area contributed by atoms with Crippen LogP contribution in [-0.4, -0.2) is 66.9 Å². The number of methoxy groups -OCH3 is 1. The van der Waals surface area contributed by atoms with Gasteiger partial charge < -0.3 is 15.0 Å². The quantitative estimate of drug-likeness (QED) is 0.613. The number of fused-ring (bicyclic) bond motifs is 1. The van der Waals surface area contributed by atoms with Crippen molar-refractivity contribution in [2.24, 2.45) is 7.05 Å². The van der Waals surface area contributed by atoms with Gasteiger partial charge in [-0.15, -0.1) is 5.10 Å². The van der Waals surface area contributed by atoms with Crippen molar-refractivity contribution in [3.63, 3.8) is 0 Å². The summed E-state index contributed by atoms with van der Waals surface area (Å²) in [7, 11) is 1.23. The highest BCUT2D eigenvalue weighted by atomic mass is 32.2. The molecule has 3 rings (SSSR count). The van der Waals surface area contributed by atoms with E-state index in [1.807, 2.05) is 0 Å². The highest BCUT2D eigenvalue weighted by molar-refractivity contribution is 7.90. The maximum Gasteiger partial charge on any atom is 0.261 e. The maximum absolute atomic E-state index is 12.5. The predicted molar refractivity (Wildman–Crippen MR) is 108 cm³/mol. The summed E-state index contributed by atoms with van der Waals surface area (Å²) in [6.45, 7) is -0.207. The highest BCUT2D eigenvalue weighted by Crippen LogP contribution is 2.28. The number of carbonyl (C=O) groups excluding carboxylic acids is 2. The average molecular weight is 438 g/mol. The fraction of sp³-hybridized carbons (Fsp3) is 0.294. The monoisotopic (exact) mass is 437 g/mol. The Morgan fingerprint density at radius 1 is 1.34 bits per heavy atom. The number of nitrogens with zero attached hydrogens (tertiary/aromatic N) is 4. The van der Waals surface area contributed by atoms with Gasteiger partial charge in [-0.25, -0.2) is 13.4 Å². The van der Waals surface area contributed by atoms with E-state index < -0.39 is 21.7 Å². The zero-order valence-electron chi connectivity index (χ0n) is 16.2. The first-order valence-electron chi connectivity index (χ1n) is 8.32. The molecule has 29 heavy (non-hydrogen) atoms. The van der Waals surface area contributed by atoms with Crippen LogP contribution in [-0.2, 0) is 21.7 Å². The van der Waals surface area contributed by atoms with Gasteiger partial charge in [-0.1, -0.05) is 11.3 Å². The number of carbonyl (C=O) groups is 2. The molecular formula is C17H19N5O5S2. The van der Waals surface area contributed by atoms with Gasteiger partial charge in [-0.3, -0.25) is 14.3 Å². The SMILES string of the molecule is COc1nn(C)cc1C(=O)N(C)CC(=O)Nc1nc2ccc(S(C)(=O)=O)cc2s1. The number of rotatable bonds is 6. The van der Waals surface area contributed by atoms with Crippen LogP contribution < -0.4 is 10.1 Å². The van der Waals surface area contributed by atoms with Crippen LogP contribution in [0.1, 0.15) is 10.4 Å². The van der Waals surface area contributed by atoms with Crippen molar-refractivity contribution in [3.05, 3.63) is 30.0 Å². The minimum Gasteiger partial charge on any atom is -0.479 e. The van der Waals surface area contributed by atoms with Crippen molar-refractivity contribution in [1.82, 2.24) is 19.7 Å². The number of benzene rings is 1. The van der Waals surface area contributed by atoms with Crippen molar-refractivity contribution in [2.75, 3.05) is 32.3 Å². The van der Waals surface area contributed by atoms with E-state index in [-0.39, 0.29) is 22.9 Å². The summed E-state index contributed by atoms with van der Waals surface area (Å²) in [6, 6.07) is 4.57. The Hall–Kier alpha value is -2.99. The van der Waals surface area contributed by atoms with Gasteiger partial charge in [0.15, 0.2) is 15.0 Å². The summed E-state index contributed by atoms with van der Waals surface area (Å²) in [5.41, 5.74) is 0.820. The lowest BCUT2D eigenvalue weighted by Crippen LogP contribution is -2.35. The van der Waals surface area contributed by atoms with E-state index in [9.17, 15) is 18.0 Å². The van der Waals surface area contributed by atoms with Crippen LogP contribution in [0.4, 0.5) is 5.13 Å². The predicted octanol–water partition coefficient (Wildman–Crippen LogP) is 1.15. The molecule has 0 aliphatic rings. The molecule has 0 unspecified atom stereocenters. The number of hydrogen-bond acceptors (Lipinski definition) is 8. The average Bonchev–Trinajstić information content (AvgIpc) is 3.21. The highest BCUT2D eigenvalue weighted by Gasteiger charge is 2.22. The van der Waals surface area contributed by atoms with Crippen LogP contribution >= 0.6 is 11.3 Å². The molecule has 1 N–H and O–H groups in total. The summed E-state index contributed by atoms with van der Waals surface area (Å²) < 4.78 is 30.5. The van der Waals surface area contributed by atoms with Crippen molar-refractivity contribution in [3.8, 4) is 5.88 Å². The van der Waals surface area contributed by atoms with Crippen LogP contribution in [0.3, 0.4) is 0 Å². The normalized spacial score (nSPS) is 11.4. The van der Waals surface area contributed by atoms with Gasteiger partial charge in [-0.2, -0.15) is 0 Å². The van der Waals surface area contributed by atoms with Crippen LogP contribution in [0.2, 0.25) is 0 Å². The molecule has 0 saturated carbocycles. The summed E-state index contributed by atoms with van der Waals surface area (Å²) in [6.07, 6.45) is 2.64. The van der Waals surface area contributed by atoms with Crippen molar-refractivity contribution >= 4 is 48.3 Å². The number of thiazole rings is 1. The number of ether oxygens (including phenoxy) is 1. The van der Waals surface area contributed by atoms with Gasteiger partial charge in [0, 0.05) is 26.5 Å². The van der Waals surface area contributed by atoms with E-state index in [4.69, 9.17) is 4.74 Å². The zero-order valence-corrected chi connectivity index (χ0v) is 17.8. The number of sulfone groups is 1. The molecule has 2 heterocycles. The third kappa shape index (κ3) is 4.54. The number of aromatic nitrogens is 3. The molecule has 0 atom stereocenters. The molecule has 10 nitrogen and oxygen atoms in total. The summed E-state index contributed by atoms with van der Waals surface area (Å²) in [5, 5.41) is 6.97. The zero-order chi connectivity index (χ0) is 21.3. The Bertz CT molecular complexity index is 1200. The molecule has 0 aliphatic carbocycles. The molecule has 3 aromatic rings. The molecule has 2 aromatic heterocycles. The van der Waals surface area contributed by atoms with Crippen LogP contribution in [0.25, 0.3) is 10.2 Å². The Morgan fingerprint density at radius 2 is 2.07 bits per heavy atom. The van der Waals surface area contributed by atoms with Crippen molar-refractivity contribution in [2.45, 2.75) is 4.90 Å². The molecule has 0 radical (unpaired) electrons. The maximum atomic E-state index is 12.5. The van der Waals surface area contributed by atoms with Gasteiger partial charge >= 0.3 is 0 Å². The third-order valence-electron chi connectivity index (χ3n) is 3.98. The van der Waals surface area contributed by atoms with E-state index in [2.05, 4.69) is 15.4 Å². The lowest BCUT2D eigenvalue weighted by Gasteiger charge is -2.15. The van der Waals surface area contributed by atoms with E-state index in [1.54, 1.807) is 13.1 Å². The molecule has 154 valence electrons. The number of anilines is 1. The topological polar surface area (TPSA) is 123 Å². The number of aryl methyl sites for hydroxylation is 1. The Kier molecular flexibility index (Phi) is 5.57. The fourth-order valence-electron chi connectivity index (χ4n) is 2.61. The van der Waals surface area contributed by atoms with Gasteiger partial charge in [0.1, 0.15) is 5.56 Å². The second-order valence-electron chi connectivity index (χ2n) is 6.36. The summed E-state index contributed by atoms with van der Waals surface area (Å²) >= 11 is 1.15. The number of likely N-dealkylation sites (N-methyl/N-ethyl adjacent to an activating group) is 1.